The average molecular weight is 289 g/mol. The molecule has 2 aromatic carbocycles. The van der Waals surface area contributed by atoms with E-state index in [4.69, 9.17) is 5.11 Å². The summed E-state index contributed by atoms with van der Waals surface area (Å²) in [5.74, 6) is -0.310. The first-order chi connectivity index (χ1) is 10.1. The molecule has 2 aromatic rings. The van der Waals surface area contributed by atoms with Gasteiger partial charge in [-0.3, -0.25) is 0 Å². The molecule has 0 unspecified atom stereocenters. The summed E-state index contributed by atoms with van der Waals surface area (Å²) in [6, 6.07) is 11.6. The summed E-state index contributed by atoms with van der Waals surface area (Å²) in [4.78, 5) is 0. The van der Waals surface area contributed by atoms with Crippen molar-refractivity contribution < 1.29 is 20.4 Å². The van der Waals surface area contributed by atoms with Gasteiger partial charge in [0.05, 0.1) is 0 Å². The van der Waals surface area contributed by atoms with Crippen molar-refractivity contribution >= 4 is 17.5 Å². The molecule has 0 heterocycles. The van der Waals surface area contributed by atoms with E-state index >= 15 is 0 Å². The topological polar surface area (TPSA) is 93.0 Å². The Morgan fingerprint density at radius 1 is 0.952 bits per heavy atom. The number of aliphatic hydroxyl groups is 2. The second-order valence-corrected chi connectivity index (χ2v) is 4.11. The van der Waals surface area contributed by atoms with Crippen LogP contribution in [0.4, 0.5) is 5.69 Å². The Balaban J connectivity index is 0.00000106. The molecule has 5 heteroatoms. The standard InChI is InChI=1S/C15H15NO3.CH4O/c1-16-12-5-3-11(4-6-12)14(18)8-10-2-7-13(17)15(19)9-10;1-2/h2-9,16-19H,1H3;2H,1H3/b14-8-;. The van der Waals surface area contributed by atoms with Gasteiger partial charge in [0.25, 0.3) is 0 Å². The van der Waals surface area contributed by atoms with Crippen molar-refractivity contribution in [2.45, 2.75) is 0 Å². The molecule has 0 radical (unpaired) electrons. The normalized spacial score (nSPS) is 10.5. The van der Waals surface area contributed by atoms with E-state index in [9.17, 15) is 15.3 Å². The lowest BCUT2D eigenvalue weighted by atomic mass is 10.1. The fraction of sp³-hybridized carbons (Fsp3) is 0.125. The second kappa shape index (κ2) is 7.81. The minimum Gasteiger partial charge on any atom is -0.507 e. The molecule has 0 aliphatic rings. The number of aliphatic hydroxyl groups excluding tert-OH is 2. The predicted molar refractivity (Wildman–Crippen MR) is 84.4 cm³/mol. The summed E-state index contributed by atoms with van der Waals surface area (Å²) in [7, 11) is 2.82. The predicted octanol–water partition coefficient (Wildman–Crippen LogP) is 2.80. The van der Waals surface area contributed by atoms with Crippen molar-refractivity contribution in [3.63, 3.8) is 0 Å². The molecule has 21 heavy (non-hydrogen) atoms. The highest BCUT2D eigenvalue weighted by molar-refractivity contribution is 5.77. The highest BCUT2D eigenvalue weighted by Gasteiger charge is 2.02. The number of hydrogen-bond acceptors (Lipinski definition) is 5. The molecule has 0 aromatic heterocycles. The summed E-state index contributed by atoms with van der Waals surface area (Å²) in [5, 5.41) is 38.6. The molecule has 0 bridgehead atoms. The molecule has 0 saturated carbocycles. The number of nitrogens with one attached hydrogen (secondary N) is 1. The van der Waals surface area contributed by atoms with Crippen LogP contribution >= 0.6 is 0 Å². The zero-order chi connectivity index (χ0) is 15.8. The van der Waals surface area contributed by atoms with Gasteiger partial charge in [0.1, 0.15) is 5.76 Å². The average Bonchev–Trinajstić information content (AvgIpc) is 2.53. The van der Waals surface area contributed by atoms with Crippen molar-refractivity contribution in [3.05, 3.63) is 53.6 Å². The number of phenolic OH excluding ortho intramolecular Hbond substituents is 2. The first kappa shape index (κ1) is 16.4. The summed E-state index contributed by atoms with van der Waals surface area (Å²) in [5.41, 5.74) is 2.23. The van der Waals surface area contributed by atoms with Crippen molar-refractivity contribution in [2.75, 3.05) is 19.5 Å². The number of aromatic hydroxyl groups is 2. The van der Waals surface area contributed by atoms with Gasteiger partial charge in [0.2, 0.25) is 0 Å². The molecule has 0 aliphatic carbocycles. The maximum Gasteiger partial charge on any atom is 0.157 e. The maximum atomic E-state index is 9.99. The first-order valence-corrected chi connectivity index (χ1v) is 6.25. The number of phenols is 2. The third-order valence-corrected chi connectivity index (χ3v) is 2.77. The van der Waals surface area contributed by atoms with E-state index in [0.717, 1.165) is 12.8 Å². The van der Waals surface area contributed by atoms with Crippen LogP contribution in [0.5, 0.6) is 11.5 Å². The lowest BCUT2D eigenvalue weighted by molar-refractivity contribution is 0.399. The molecular formula is C16H19NO4. The van der Waals surface area contributed by atoms with Gasteiger partial charge in [0.15, 0.2) is 11.5 Å². The molecule has 0 saturated heterocycles. The Bertz CT molecular complexity index is 606. The van der Waals surface area contributed by atoms with E-state index in [-0.39, 0.29) is 17.3 Å². The van der Waals surface area contributed by atoms with Gasteiger partial charge in [-0.15, -0.1) is 0 Å². The van der Waals surface area contributed by atoms with Gasteiger partial charge in [-0.05, 0) is 48.0 Å². The number of anilines is 1. The zero-order valence-corrected chi connectivity index (χ0v) is 11.9. The smallest absolute Gasteiger partial charge is 0.157 e. The highest BCUT2D eigenvalue weighted by atomic mass is 16.3. The lowest BCUT2D eigenvalue weighted by Gasteiger charge is -2.04. The van der Waals surface area contributed by atoms with Crippen LogP contribution in [-0.4, -0.2) is 34.6 Å². The van der Waals surface area contributed by atoms with E-state index in [2.05, 4.69) is 5.32 Å². The van der Waals surface area contributed by atoms with Gasteiger partial charge in [-0.25, -0.2) is 0 Å². The fourth-order valence-electron chi connectivity index (χ4n) is 1.68. The third-order valence-electron chi connectivity index (χ3n) is 2.77. The lowest BCUT2D eigenvalue weighted by Crippen LogP contribution is -1.88. The third kappa shape index (κ3) is 4.43. The minimum absolute atomic E-state index is 0.0905. The van der Waals surface area contributed by atoms with E-state index in [1.807, 2.05) is 19.2 Å². The van der Waals surface area contributed by atoms with Crippen LogP contribution in [-0.2, 0) is 0 Å². The summed E-state index contributed by atoms with van der Waals surface area (Å²) >= 11 is 0. The Morgan fingerprint density at radius 3 is 2.10 bits per heavy atom. The van der Waals surface area contributed by atoms with Crippen LogP contribution in [0.3, 0.4) is 0 Å². The van der Waals surface area contributed by atoms with Gasteiger partial charge in [-0.1, -0.05) is 6.07 Å². The van der Waals surface area contributed by atoms with Crippen LogP contribution < -0.4 is 5.32 Å². The molecule has 0 spiro atoms. The Labute approximate surface area is 123 Å². The maximum absolute atomic E-state index is 9.99. The molecule has 112 valence electrons. The van der Waals surface area contributed by atoms with Gasteiger partial charge in [-0.2, -0.15) is 0 Å². The number of benzene rings is 2. The number of rotatable bonds is 3. The van der Waals surface area contributed by atoms with Gasteiger partial charge < -0.3 is 25.7 Å². The molecule has 0 aliphatic heterocycles. The Kier molecular flexibility index (Phi) is 6.10. The summed E-state index contributed by atoms with van der Waals surface area (Å²) < 4.78 is 0. The van der Waals surface area contributed by atoms with Crippen LogP contribution in [0.25, 0.3) is 11.8 Å². The quantitative estimate of drug-likeness (QED) is 0.340. The monoisotopic (exact) mass is 289 g/mol. The molecule has 5 nitrogen and oxygen atoms in total. The van der Waals surface area contributed by atoms with E-state index in [1.165, 1.54) is 18.2 Å². The van der Waals surface area contributed by atoms with Gasteiger partial charge >= 0.3 is 0 Å². The van der Waals surface area contributed by atoms with Crippen LogP contribution in [0.15, 0.2) is 42.5 Å². The molecule has 0 atom stereocenters. The second-order valence-electron chi connectivity index (χ2n) is 4.11. The SMILES string of the molecule is CNc1ccc(/C(O)=C/c2ccc(O)c(O)c2)cc1.CO. The van der Waals surface area contributed by atoms with Crippen molar-refractivity contribution in [3.8, 4) is 11.5 Å². The Morgan fingerprint density at radius 2 is 1.57 bits per heavy atom. The number of hydrogen-bond donors (Lipinski definition) is 5. The first-order valence-electron chi connectivity index (χ1n) is 6.25. The molecule has 0 fully saturated rings. The van der Waals surface area contributed by atoms with E-state index < -0.39 is 0 Å². The summed E-state index contributed by atoms with van der Waals surface area (Å²) in [6.45, 7) is 0. The summed E-state index contributed by atoms with van der Waals surface area (Å²) in [6.07, 6.45) is 1.52. The molecular weight excluding hydrogens is 270 g/mol. The molecule has 2 rings (SSSR count). The van der Waals surface area contributed by atoms with Crippen molar-refractivity contribution in [1.29, 1.82) is 0 Å². The van der Waals surface area contributed by atoms with Crippen LogP contribution in [0, 0.1) is 0 Å². The highest BCUT2D eigenvalue weighted by Crippen LogP contribution is 2.27. The van der Waals surface area contributed by atoms with E-state index in [1.54, 1.807) is 18.2 Å². The van der Waals surface area contributed by atoms with E-state index in [0.29, 0.717) is 11.1 Å². The van der Waals surface area contributed by atoms with Crippen molar-refractivity contribution in [1.82, 2.24) is 0 Å². The Hall–Kier alpha value is -2.66. The fourth-order valence-corrected chi connectivity index (χ4v) is 1.68. The minimum atomic E-state index is -0.216. The molecule has 5 N–H and O–H groups in total. The largest absolute Gasteiger partial charge is 0.507 e. The molecule has 0 amide bonds. The van der Waals surface area contributed by atoms with Crippen molar-refractivity contribution in [2.24, 2.45) is 0 Å². The zero-order valence-electron chi connectivity index (χ0n) is 11.9. The van der Waals surface area contributed by atoms with Crippen LogP contribution in [0.1, 0.15) is 11.1 Å². The van der Waals surface area contributed by atoms with Gasteiger partial charge in [0, 0.05) is 25.4 Å². The van der Waals surface area contributed by atoms with Crippen LogP contribution in [0.2, 0.25) is 0 Å².